The van der Waals surface area contributed by atoms with Gasteiger partial charge in [-0.05, 0) is 49.2 Å². The fourth-order valence-corrected chi connectivity index (χ4v) is 5.83. The van der Waals surface area contributed by atoms with Crippen LogP contribution in [0, 0.1) is 0 Å². The van der Waals surface area contributed by atoms with Crippen LogP contribution in [-0.2, 0) is 17.8 Å². The number of thioether (sulfide) groups is 1. The van der Waals surface area contributed by atoms with E-state index < -0.39 is 5.25 Å². The largest absolute Gasteiger partial charge is 0.325 e. The molecule has 1 aromatic heterocycles. The second-order valence-corrected chi connectivity index (χ2v) is 10.8. The van der Waals surface area contributed by atoms with Crippen LogP contribution < -0.4 is 5.32 Å². The van der Waals surface area contributed by atoms with Crippen LogP contribution in [0.25, 0.3) is 11.0 Å². The molecule has 0 radical (unpaired) electrons. The summed E-state index contributed by atoms with van der Waals surface area (Å²) in [6.07, 6.45) is 0.848. The highest BCUT2D eigenvalue weighted by atomic mass is 32.2. The lowest BCUT2D eigenvalue weighted by molar-refractivity contribution is -0.115. The third-order valence-corrected chi connectivity index (χ3v) is 8.02. The summed E-state index contributed by atoms with van der Waals surface area (Å²) in [5.41, 5.74) is 5.08. The second-order valence-electron chi connectivity index (χ2n) is 9.48. The molecule has 0 fully saturated rings. The first kappa shape index (κ1) is 24.8. The van der Waals surface area contributed by atoms with E-state index in [0.717, 1.165) is 29.2 Å². The number of para-hydroxylation sites is 2. The van der Waals surface area contributed by atoms with Crippen LogP contribution >= 0.6 is 11.8 Å². The van der Waals surface area contributed by atoms with Crippen LogP contribution in [0.15, 0.2) is 102 Å². The quantitative estimate of drug-likeness (QED) is 0.249. The molecule has 0 spiro atoms. The van der Waals surface area contributed by atoms with Crippen molar-refractivity contribution in [3.63, 3.8) is 0 Å². The minimum atomic E-state index is -0.452. The van der Waals surface area contributed by atoms with E-state index in [9.17, 15) is 14.4 Å². The standard InChI is InChI=1S/C32H25N3O3S/c1-20(39-32-34-27-13-7-8-14-28(27)35(32)18-17-21-9-3-2-4-10-21)31(38)33-22-15-16-25-26(19-22)30(37)24-12-6-5-11-23(24)29(25)36/h2-16,19-20H,17-18H2,1H3,(H,33,38)/t20-/m0/s1. The molecule has 0 aliphatic heterocycles. The molecule has 1 amide bonds. The van der Waals surface area contributed by atoms with Gasteiger partial charge in [-0.2, -0.15) is 0 Å². The Morgan fingerprint density at radius 2 is 1.46 bits per heavy atom. The monoisotopic (exact) mass is 531 g/mol. The Kier molecular flexibility index (Phi) is 6.59. The van der Waals surface area contributed by atoms with Crippen LogP contribution in [0.2, 0.25) is 0 Å². The Balaban J connectivity index is 1.21. The van der Waals surface area contributed by atoms with Gasteiger partial charge in [0.05, 0.1) is 16.3 Å². The average Bonchev–Trinajstić information content (AvgIpc) is 3.32. The maximum Gasteiger partial charge on any atom is 0.237 e. The number of carbonyl (C=O) groups is 3. The van der Waals surface area contributed by atoms with Crippen molar-refractivity contribution in [2.75, 3.05) is 5.32 Å². The van der Waals surface area contributed by atoms with Crippen molar-refractivity contribution in [2.45, 2.75) is 30.3 Å². The number of anilines is 1. The molecule has 1 atom stereocenters. The van der Waals surface area contributed by atoms with Crippen LogP contribution in [0.4, 0.5) is 5.69 Å². The van der Waals surface area contributed by atoms with E-state index in [-0.39, 0.29) is 17.5 Å². The Hall–Kier alpha value is -4.49. The molecule has 6 nitrogen and oxygen atoms in total. The zero-order valence-electron chi connectivity index (χ0n) is 21.3. The lowest BCUT2D eigenvalue weighted by atomic mass is 9.84. The molecule has 0 unspecified atom stereocenters. The lowest BCUT2D eigenvalue weighted by Gasteiger charge is -2.19. The van der Waals surface area contributed by atoms with E-state index in [2.05, 4.69) is 22.0 Å². The van der Waals surface area contributed by atoms with Crippen molar-refractivity contribution in [3.8, 4) is 0 Å². The number of rotatable bonds is 7. The Morgan fingerprint density at radius 3 is 2.23 bits per heavy atom. The number of amides is 1. The van der Waals surface area contributed by atoms with E-state index in [0.29, 0.717) is 27.9 Å². The van der Waals surface area contributed by atoms with Crippen LogP contribution in [0.5, 0.6) is 0 Å². The van der Waals surface area contributed by atoms with Gasteiger partial charge in [0.15, 0.2) is 16.7 Å². The number of hydrogen-bond acceptors (Lipinski definition) is 5. The summed E-state index contributed by atoms with van der Waals surface area (Å²) in [7, 11) is 0. The molecule has 7 heteroatoms. The summed E-state index contributed by atoms with van der Waals surface area (Å²) < 4.78 is 2.16. The first-order valence-corrected chi connectivity index (χ1v) is 13.7. The third-order valence-electron chi connectivity index (χ3n) is 6.93. The van der Waals surface area contributed by atoms with Gasteiger partial charge in [0.2, 0.25) is 5.91 Å². The van der Waals surface area contributed by atoms with Gasteiger partial charge in [0.1, 0.15) is 0 Å². The topological polar surface area (TPSA) is 81.1 Å². The Labute approximate surface area is 230 Å². The lowest BCUT2D eigenvalue weighted by Crippen LogP contribution is -2.24. The molecule has 1 aliphatic rings. The molecule has 1 heterocycles. The summed E-state index contributed by atoms with van der Waals surface area (Å²) in [6, 6.07) is 30.0. The molecule has 1 aliphatic carbocycles. The van der Waals surface area contributed by atoms with Gasteiger partial charge >= 0.3 is 0 Å². The third kappa shape index (κ3) is 4.77. The fourth-order valence-electron chi connectivity index (χ4n) is 4.88. The smallest absolute Gasteiger partial charge is 0.237 e. The summed E-state index contributed by atoms with van der Waals surface area (Å²) in [6.45, 7) is 2.58. The Morgan fingerprint density at radius 1 is 0.821 bits per heavy atom. The fraction of sp³-hybridized carbons (Fsp3) is 0.125. The van der Waals surface area contributed by atoms with Gasteiger partial charge in [-0.3, -0.25) is 14.4 Å². The van der Waals surface area contributed by atoms with E-state index in [1.807, 2.05) is 49.4 Å². The second kappa shape index (κ2) is 10.3. The number of aromatic nitrogens is 2. The maximum absolute atomic E-state index is 13.2. The maximum atomic E-state index is 13.2. The van der Waals surface area contributed by atoms with Crippen molar-refractivity contribution >= 4 is 46.0 Å². The van der Waals surface area contributed by atoms with Gasteiger partial charge in [0.25, 0.3) is 0 Å². The number of nitrogens with one attached hydrogen (secondary N) is 1. The number of nitrogens with zero attached hydrogens (tertiary/aromatic N) is 2. The van der Waals surface area contributed by atoms with Gasteiger partial charge in [-0.15, -0.1) is 0 Å². The van der Waals surface area contributed by atoms with Gasteiger partial charge in [0, 0.05) is 34.5 Å². The zero-order chi connectivity index (χ0) is 26.9. The van der Waals surface area contributed by atoms with Crippen molar-refractivity contribution in [3.05, 3.63) is 125 Å². The minimum Gasteiger partial charge on any atom is -0.325 e. The molecule has 4 aromatic carbocycles. The number of ketones is 2. The predicted octanol–water partition coefficient (Wildman–Crippen LogP) is 6.17. The highest BCUT2D eigenvalue weighted by Gasteiger charge is 2.29. The number of carbonyl (C=O) groups excluding carboxylic acids is 3. The molecule has 0 saturated carbocycles. The zero-order valence-corrected chi connectivity index (χ0v) is 22.1. The highest BCUT2D eigenvalue weighted by molar-refractivity contribution is 8.00. The average molecular weight is 532 g/mol. The number of hydrogen-bond donors (Lipinski definition) is 1. The van der Waals surface area contributed by atoms with Crippen LogP contribution in [0.1, 0.15) is 44.3 Å². The number of benzene rings is 4. The van der Waals surface area contributed by atoms with Gasteiger partial charge in [-0.1, -0.05) is 78.5 Å². The molecular formula is C32H25N3O3S. The van der Waals surface area contributed by atoms with Crippen molar-refractivity contribution in [1.29, 1.82) is 0 Å². The molecule has 5 aromatic rings. The van der Waals surface area contributed by atoms with Crippen molar-refractivity contribution < 1.29 is 14.4 Å². The van der Waals surface area contributed by atoms with E-state index in [4.69, 9.17) is 4.98 Å². The normalized spacial score (nSPS) is 13.2. The SMILES string of the molecule is C[C@H](Sc1nc2ccccc2n1CCc1ccccc1)C(=O)Nc1ccc2c(c1)C(=O)c1ccccc1C2=O. The van der Waals surface area contributed by atoms with E-state index in [1.54, 1.807) is 42.5 Å². The van der Waals surface area contributed by atoms with E-state index in [1.165, 1.54) is 17.3 Å². The highest BCUT2D eigenvalue weighted by Crippen LogP contribution is 2.31. The number of imidazole rings is 1. The first-order chi connectivity index (χ1) is 19.0. The molecule has 0 bridgehead atoms. The predicted molar refractivity (Wildman–Crippen MR) is 154 cm³/mol. The van der Waals surface area contributed by atoms with Crippen LogP contribution in [0.3, 0.4) is 0 Å². The van der Waals surface area contributed by atoms with Crippen LogP contribution in [-0.4, -0.2) is 32.3 Å². The first-order valence-electron chi connectivity index (χ1n) is 12.8. The molecule has 6 rings (SSSR count). The molecule has 1 N–H and O–H groups in total. The summed E-state index contributed by atoms with van der Waals surface area (Å²) >= 11 is 1.40. The molecule has 192 valence electrons. The molecule has 39 heavy (non-hydrogen) atoms. The summed E-state index contributed by atoms with van der Waals surface area (Å²) in [5, 5.41) is 3.25. The summed E-state index contributed by atoms with van der Waals surface area (Å²) in [5.74, 6) is -0.612. The van der Waals surface area contributed by atoms with Gasteiger partial charge in [-0.25, -0.2) is 4.98 Å². The summed E-state index contributed by atoms with van der Waals surface area (Å²) in [4.78, 5) is 44.0. The molecule has 0 saturated heterocycles. The van der Waals surface area contributed by atoms with Crippen molar-refractivity contribution in [1.82, 2.24) is 9.55 Å². The molecular weight excluding hydrogens is 506 g/mol. The van der Waals surface area contributed by atoms with Gasteiger partial charge < -0.3 is 9.88 Å². The van der Waals surface area contributed by atoms with Crippen molar-refractivity contribution in [2.24, 2.45) is 0 Å². The number of aryl methyl sites for hydroxylation is 2. The number of fused-ring (bicyclic) bond motifs is 3. The minimum absolute atomic E-state index is 0.184. The Bertz CT molecular complexity index is 1740. The van der Waals surface area contributed by atoms with E-state index >= 15 is 0 Å².